The van der Waals surface area contributed by atoms with Crippen LogP contribution in [0.3, 0.4) is 0 Å². The van der Waals surface area contributed by atoms with Crippen LogP contribution in [0.5, 0.6) is 0 Å². The first-order valence-electron chi connectivity index (χ1n) is 6.03. The molecule has 0 aliphatic rings. The molecule has 2 aromatic rings. The second-order valence-electron chi connectivity index (χ2n) is 5.38. The largest absolute Gasteiger partial charge is 0.276 e. The minimum absolute atomic E-state index is 0.0465. The summed E-state index contributed by atoms with van der Waals surface area (Å²) in [5.41, 5.74) is 0.188. The molecule has 1 aromatic heterocycles. The Morgan fingerprint density at radius 1 is 1.25 bits per heavy atom. The Kier molecular flexibility index (Phi) is 3.80. The van der Waals surface area contributed by atoms with Crippen LogP contribution < -0.4 is 4.72 Å². The van der Waals surface area contributed by atoms with Gasteiger partial charge in [-0.25, -0.2) is 8.42 Å². The fraction of sp³-hybridized carbons (Fsp3) is 0.308. The summed E-state index contributed by atoms with van der Waals surface area (Å²) in [5.74, 6) is 0. The van der Waals surface area contributed by atoms with E-state index in [-0.39, 0.29) is 15.5 Å². The number of sulfonamides is 1. The van der Waals surface area contributed by atoms with E-state index in [2.05, 4.69) is 9.82 Å². The Morgan fingerprint density at radius 3 is 2.45 bits per heavy atom. The van der Waals surface area contributed by atoms with E-state index < -0.39 is 10.0 Å². The van der Waals surface area contributed by atoms with Gasteiger partial charge in [-0.2, -0.15) is 5.10 Å². The van der Waals surface area contributed by atoms with E-state index in [1.54, 1.807) is 23.0 Å². The molecule has 1 N–H and O–H groups in total. The quantitative estimate of drug-likeness (QED) is 0.947. The first-order chi connectivity index (χ1) is 9.20. The maximum atomic E-state index is 12.2. The molecule has 2 rings (SSSR count). The lowest BCUT2D eigenvalue weighted by Gasteiger charge is -2.18. The van der Waals surface area contributed by atoms with Gasteiger partial charge >= 0.3 is 0 Å². The van der Waals surface area contributed by atoms with Gasteiger partial charge in [0.1, 0.15) is 4.90 Å². The van der Waals surface area contributed by atoms with Crippen LogP contribution in [0.4, 0.5) is 5.69 Å². The zero-order chi connectivity index (χ0) is 15.0. The lowest BCUT2D eigenvalue weighted by atomic mass is 10.1. The maximum Gasteiger partial charge on any atom is 0.263 e. The molecule has 0 unspecified atom stereocenters. The summed E-state index contributed by atoms with van der Waals surface area (Å²) in [6.07, 6.45) is 3.12. The van der Waals surface area contributed by atoms with Gasteiger partial charge in [-0.15, -0.1) is 0 Å². The van der Waals surface area contributed by atoms with E-state index in [4.69, 9.17) is 11.6 Å². The summed E-state index contributed by atoms with van der Waals surface area (Å²) >= 11 is 5.91. The monoisotopic (exact) mass is 313 g/mol. The maximum absolute atomic E-state index is 12.2. The highest BCUT2D eigenvalue weighted by atomic mass is 35.5. The molecule has 0 radical (unpaired) electrons. The number of aromatic nitrogens is 2. The van der Waals surface area contributed by atoms with Crippen molar-refractivity contribution in [3.63, 3.8) is 0 Å². The summed E-state index contributed by atoms with van der Waals surface area (Å²) in [6, 6.07) is 6.30. The predicted octanol–water partition coefficient (Wildman–Crippen LogP) is 3.09. The molecule has 0 bridgehead atoms. The lowest BCUT2D eigenvalue weighted by molar-refractivity contribution is 0.355. The van der Waals surface area contributed by atoms with Crippen LogP contribution in [0.2, 0.25) is 5.02 Å². The molecular weight excluding hydrogens is 298 g/mol. The van der Waals surface area contributed by atoms with Gasteiger partial charge in [0.2, 0.25) is 0 Å². The summed E-state index contributed by atoms with van der Waals surface area (Å²) < 4.78 is 28.7. The number of hydrogen-bond donors (Lipinski definition) is 1. The molecule has 0 amide bonds. The minimum atomic E-state index is -3.71. The van der Waals surface area contributed by atoms with Crippen LogP contribution in [-0.2, 0) is 15.6 Å². The number of nitrogens with zero attached hydrogens (tertiary/aromatic N) is 2. The summed E-state index contributed by atoms with van der Waals surface area (Å²) in [5, 5.41) is 4.33. The third-order valence-corrected chi connectivity index (χ3v) is 4.53. The van der Waals surface area contributed by atoms with Gasteiger partial charge in [-0.3, -0.25) is 9.40 Å². The lowest BCUT2D eigenvalue weighted by Crippen LogP contribution is -2.22. The van der Waals surface area contributed by atoms with E-state index in [0.717, 1.165) is 0 Å². The number of anilines is 1. The van der Waals surface area contributed by atoms with E-state index in [1.807, 2.05) is 20.8 Å². The van der Waals surface area contributed by atoms with Gasteiger partial charge in [0.25, 0.3) is 10.0 Å². The Hall–Kier alpha value is -1.53. The molecule has 0 aliphatic heterocycles. The molecule has 0 spiro atoms. The standard InChI is InChI=1S/C13H16ClN3O2S/c1-13(2,3)17-9-10(8-15-17)16-20(18,19)12-7-5-4-6-11(12)14/h4-9,16H,1-3H3. The van der Waals surface area contributed by atoms with Crippen molar-refractivity contribution >= 4 is 27.3 Å². The van der Waals surface area contributed by atoms with Crippen molar-refractivity contribution in [2.24, 2.45) is 0 Å². The highest BCUT2D eigenvalue weighted by Crippen LogP contribution is 2.24. The third kappa shape index (κ3) is 3.13. The van der Waals surface area contributed by atoms with Gasteiger partial charge in [0.05, 0.1) is 22.4 Å². The molecule has 0 saturated carbocycles. The van der Waals surface area contributed by atoms with Crippen molar-refractivity contribution in [2.45, 2.75) is 31.2 Å². The SMILES string of the molecule is CC(C)(C)n1cc(NS(=O)(=O)c2ccccc2Cl)cn1. The second-order valence-corrected chi connectivity index (χ2v) is 7.44. The van der Waals surface area contributed by atoms with Crippen LogP contribution >= 0.6 is 11.6 Å². The van der Waals surface area contributed by atoms with Crippen molar-refractivity contribution in [2.75, 3.05) is 4.72 Å². The number of halogens is 1. The zero-order valence-corrected chi connectivity index (χ0v) is 13.0. The molecule has 1 aromatic carbocycles. The molecule has 5 nitrogen and oxygen atoms in total. The van der Waals surface area contributed by atoms with Crippen LogP contribution in [-0.4, -0.2) is 18.2 Å². The van der Waals surface area contributed by atoms with Gasteiger partial charge in [0, 0.05) is 6.20 Å². The third-order valence-electron chi connectivity index (χ3n) is 2.65. The van der Waals surface area contributed by atoms with Crippen LogP contribution in [0.25, 0.3) is 0 Å². The normalized spacial score (nSPS) is 12.4. The van der Waals surface area contributed by atoms with Crippen molar-refractivity contribution in [3.05, 3.63) is 41.7 Å². The summed E-state index contributed by atoms with van der Waals surface area (Å²) in [7, 11) is -3.71. The molecule has 0 aliphatic carbocycles. The van der Waals surface area contributed by atoms with Gasteiger partial charge in [-0.05, 0) is 32.9 Å². The average molecular weight is 314 g/mol. The van der Waals surface area contributed by atoms with Crippen LogP contribution in [0, 0.1) is 0 Å². The van der Waals surface area contributed by atoms with Gasteiger partial charge in [0.15, 0.2) is 0 Å². The number of benzene rings is 1. The number of nitrogens with one attached hydrogen (secondary N) is 1. The molecule has 1 heterocycles. The van der Waals surface area contributed by atoms with E-state index in [9.17, 15) is 8.42 Å². The predicted molar refractivity (Wildman–Crippen MR) is 79.5 cm³/mol. The summed E-state index contributed by atoms with van der Waals surface area (Å²) in [4.78, 5) is 0.0465. The van der Waals surface area contributed by atoms with Crippen molar-refractivity contribution in [1.29, 1.82) is 0 Å². The number of hydrogen-bond acceptors (Lipinski definition) is 3. The fourth-order valence-corrected chi connectivity index (χ4v) is 3.16. The molecule has 0 atom stereocenters. The zero-order valence-electron chi connectivity index (χ0n) is 11.5. The minimum Gasteiger partial charge on any atom is -0.276 e. The Morgan fingerprint density at radius 2 is 1.90 bits per heavy atom. The topological polar surface area (TPSA) is 64.0 Å². The van der Waals surface area contributed by atoms with Crippen LogP contribution in [0.15, 0.2) is 41.6 Å². The second kappa shape index (κ2) is 5.10. The molecule has 108 valence electrons. The molecule has 0 fully saturated rings. The fourth-order valence-electron chi connectivity index (χ4n) is 1.62. The Bertz CT molecular complexity index is 717. The van der Waals surface area contributed by atoms with Crippen molar-refractivity contribution in [1.82, 2.24) is 9.78 Å². The smallest absolute Gasteiger partial charge is 0.263 e. The van der Waals surface area contributed by atoms with E-state index in [0.29, 0.717) is 5.69 Å². The first kappa shape index (κ1) is 14.9. The van der Waals surface area contributed by atoms with Crippen molar-refractivity contribution < 1.29 is 8.42 Å². The van der Waals surface area contributed by atoms with Crippen LogP contribution in [0.1, 0.15) is 20.8 Å². The molecular formula is C13H16ClN3O2S. The molecule has 0 saturated heterocycles. The molecule has 20 heavy (non-hydrogen) atoms. The first-order valence-corrected chi connectivity index (χ1v) is 7.89. The highest BCUT2D eigenvalue weighted by Gasteiger charge is 2.20. The summed E-state index contributed by atoms with van der Waals surface area (Å²) in [6.45, 7) is 5.94. The van der Waals surface area contributed by atoms with E-state index in [1.165, 1.54) is 18.3 Å². The van der Waals surface area contributed by atoms with Crippen molar-refractivity contribution in [3.8, 4) is 0 Å². The highest BCUT2D eigenvalue weighted by molar-refractivity contribution is 7.92. The van der Waals surface area contributed by atoms with E-state index >= 15 is 0 Å². The van der Waals surface area contributed by atoms with Gasteiger partial charge < -0.3 is 0 Å². The average Bonchev–Trinajstić information content (AvgIpc) is 2.76. The van der Waals surface area contributed by atoms with Gasteiger partial charge in [-0.1, -0.05) is 23.7 Å². The number of rotatable bonds is 3. The Balaban J connectivity index is 2.30. The molecule has 7 heteroatoms. The Labute approximate surface area is 123 Å².